The van der Waals surface area contributed by atoms with Crippen LogP contribution in [0.3, 0.4) is 0 Å². The van der Waals surface area contributed by atoms with E-state index in [2.05, 4.69) is 20.4 Å². The average Bonchev–Trinajstić information content (AvgIpc) is 3.23. The van der Waals surface area contributed by atoms with Gasteiger partial charge in [-0.05, 0) is 32.4 Å². The Morgan fingerprint density at radius 2 is 2.04 bits per heavy atom. The molecule has 3 amide bonds. The zero-order chi connectivity index (χ0) is 16.2. The van der Waals surface area contributed by atoms with E-state index in [1.165, 1.54) is 19.3 Å². The Kier molecular flexibility index (Phi) is 4.75. The van der Waals surface area contributed by atoms with Gasteiger partial charge >= 0.3 is 6.03 Å². The van der Waals surface area contributed by atoms with Crippen LogP contribution in [0.4, 0.5) is 4.79 Å². The molecule has 0 aliphatic carbocycles. The van der Waals surface area contributed by atoms with Gasteiger partial charge in [0.15, 0.2) is 0 Å². The summed E-state index contributed by atoms with van der Waals surface area (Å²) in [4.78, 5) is 31.2. The van der Waals surface area contributed by atoms with Crippen molar-refractivity contribution in [1.29, 1.82) is 0 Å². The maximum atomic E-state index is 12.2. The largest absolute Gasteiger partial charge is 0.363 e. The van der Waals surface area contributed by atoms with Gasteiger partial charge in [0.1, 0.15) is 0 Å². The third kappa shape index (κ3) is 3.79. The van der Waals surface area contributed by atoms with E-state index in [0.717, 1.165) is 32.6 Å². The van der Waals surface area contributed by atoms with Crippen molar-refractivity contribution in [2.24, 2.45) is 5.73 Å². The normalized spacial score (nSPS) is 22.3. The minimum absolute atomic E-state index is 0.0873. The number of piperidine rings is 1. The molecule has 23 heavy (non-hydrogen) atoms. The molecule has 1 aromatic rings. The summed E-state index contributed by atoms with van der Waals surface area (Å²) in [5, 5.41) is 6.17. The summed E-state index contributed by atoms with van der Waals surface area (Å²) in [7, 11) is 0. The molecule has 0 bridgehead atoms. The Balaban J connectivity index is 1.46. The fraction of sp³-hybridized carbons (Fsp3) is 0.714. The number of nitrogens with one attached hydrogen (secondary N) is 1. The van der Waals surface area contributed by atoms with Crippen LogP contribution >= 0.6 is 0 Å². The summed E-state index contributed by atoms with van der Waals surface area (Å²) in [6, 6.07) is 0.314. The molecule has 2 saturated heterocycles. The zero-order valence-electron chi connectivity index (χ0n) is 13.0. The highest BCUT2D eigenvalue weighted by atomic mass is 16.5. The van der Waals surface area contributed by atoms with Crippen molar-refractivity contribution in [3.05, 3.63) is 11.7 Å². The van der Waals surface area contributed by atoms with Crippen LogP contribution in [0.15, 0.2) is 4.52 Å². The van der Waals surface area contributed by atoms with Crippen molar-refractivity contribution < 1.29 is 14.1 Å². The Morgan fingerprint density at radius 1 is 1.26 bits per heavy atom. The van der Waals surface area contributed by atoms with E-state index >= 15 is 0 Å². The van der Waals surface area contributed by atoms with Gasteiger partial charge in [-0.2, -0.15) is 4.98 Å². The van der Waals surface area contributed by atoms with Crippen molar-refractivity contribution in [2.45, 2.75) is 38.3 Å². The molecular formula is C14H22N6O3. The van der Waals surface area contributed by atoms with Crippen LogP contribution in [0.25, 0.3) is 0 Å². The van der Waals surface area contributed by atoms with E-state index in [4.69, 9.17) is 10.3 Å². The molecular weight excluding hydrogens is 300 g/mol. The highest BCUT2D eigenvalue weighted by Gasteiger charge is 2.30. The molecule has 3 heterocycles. The van der Waals surface area contributed by atoms with Crippen LogP contribution in [0.5, 0.6) is 0 Å². The number of hydrogen-bond donors (Lipinski definition) is 2. The minimum atomic E-state index is -0.754. The van der Waals surface area contributed by atoms with Crippen molar-refractivity contribution in [2.75, 3.05) is 26.2 Å². The van der Waals surface area contributed by atoms with Crippen LogP contribution in [0.2, 0.25) is 0 Å². The molecule has 0 radical (unpaired) electrons. The van der Waals surface area contributed by atoms with Crippen LogP contribution in [0.1, 0.15) is 42.2 Å². The lowest BCUT2D eigenvalue weighted by atomic mass is 10.1. The lowest BCUT2D eigenvalue weighted by molar-refractivity contribution is 0.0987. The first-order valence-electron chi connectivity index (χ1n) is 8.02. The molecule has 3 N–H and O–H groups in total. The SMILES string of the molecule is NC(=O)c1noc(CNC(=O)N2CC[C@@H](N3CCCCC3)C2)n1. The molecule has 1 aromatic heterocycles. The number of primary amides is 1. The fourth-order valence-electron chi connectivity index (χ4n) is 3.20. The number of hydrogen-bond acceptors (Lipinski definition) is 6. The van der Waals surface area contributed by atoms with Gasteiger partial charge < -0.3 is 20.5 Å². The van der Waals surface area contributed by atoms with Gasteiger partial charge in [-0.15, -0.1) is 0 Å². The number of aromatic nitrogens is 2. The maximum absolute atomic E-state index is 12.2. The minimum Gasteiger partial charge on any atom is -0.363 e. The second-order valence-corrected chi connectivity index (χ2v) is 6.02. The standard InChI is InChI=1S/C14H22N6O3/c15-12(21)13-17-11(23-18-13)8-16-14(22)20-7-4-10(9-20)19-5-2-1-3-6-19/h10H,1-9H2,(H2,15,21)(H,16,22)/t10-/m1/s1. The van der Waals surface area contributed by atoms with Gasteiger partial charge in [-0.25, -0.2) is 4.79 Å². The second-order valence-electron chi connectivity index (χ2n) is 6.02. The predicted molar refractivity (Wildman–Crippen MR) is 80.5 cm³/mol. The Labute approximate surface area is 134 Å². The van der Waals surface area contributed by atoms with Crippen LogP contribution in [-0.2, 0) is 6.54 Å². The summed E-state index contributed by atoms with van der Waals surface area (Å²) in [5.41, 5.74) is 5.04. The number of nitrogens with zero attached hydrogens (tertiary/aromatic N) is 4. The third-order valence-electron chi connectivity index (χ3n) is 4.44. The van der Waals surface area contributed by atoms with E-state index in [-0.39, 0.29) is 24.3 Å². The van der Waals surface area contributed by atoms with E-state index in [0.29, 0.717) is 6.04 Å². The molecule has 2 aliphatic rings. The molecule has 2 aliphatic heterocycles. The van der Waals surface area contributed by atoms with Crippen LogP contribution in [0, 0.1) is 0 Å². The Hall–Kier alpha value is -2.16. The number of urea groups is 1. The molecule has 0 aromatic carbocycles. The Morgan fingerprint density at radius 3 is 2.74 bits per heavy atom. The van der Waals surface area contributed by atoms with Gasteiger partial charge in [0.25, 0.3) is 11.7 Å². The maximum Gasteiger partial charge on any atom is 0.317 e. The molecule has 2 fully saturated rings. The lowest BCUT2D eigenvalue weighted by Gasteiger charge is -2.32. The van der Waals surface area contributed by atoms with Crippen LogP contribution in [-0.4, -0.2) is 64.1 Å². The Bertz CT molecular complexity index is 569. The first kappa shape index (κ1) is 15.7. The zero-order valence-corrected chi connectivity index (χ0v) is 13.0. The second kappa shape index (κ2) is 6.95. The number of rotatable bonds is 4. The van der Waals surface area contributed by atoms with E-state index in [9.17, 15) is 9.59 Å². The molecule has 0 unspecified atom stereocenters. The highest BCUT2D eigenvalue weighted by molar-refractivity contribution is 5.88. The van der Waals surface area contributed by atoms with E-state index < -0.39 is 5.91 Å². The van der Waals surface area contributed by atoms with Crippen molar-refractivity contribution in [3.8, 4) is 0 Å². The molecule has 126 valence electrons. The van der Waals surface area contributed by atoms with Gasteiger partial charge in [-0.3, -0.25) is 9.69 Å². The van der Waals surface area contributed by atoms with Gasteiger partial charge in [0, 0.05) is 19.1 Å². The van der Waals surface area contributed by atoms with Crippen LogP contribution < -0.4 is 11.1 Å². The quantitative estimate of drug-likeness (QED) is 0.802. The lowest BCUT2D eigenvalue weighted by Crippen LogP contribution is -2.43. The van der Waals surface area contributed by atoms with Crippen molar-refractivity contribution >= 4 is 11.9 Å². The van der Waals surface area contributed by atoms with Gasteiger partial charge in [0.05, 0.1) is 6.54 Å². The molecule has 9 heteroatoms. The average molecular weight is 322 g/mol. The molecule has 3 rings (SSSR count). The van der Waals surface area contributed by atoms with E-state index in [1.807, 2.05) is 4.90 Å². The van der Waals surface area contributed by atoms with Crippen molar-refractivity contribution in [3.63, 3.8) is 0 Å². The summed E-state index contributed by atoms with van der Waals surface area (Å²) >= 11 is 0. The molecule has 0 saturated carbocycles. The van der Waals surface area contributed by atoms with E-state index in [1.54, 1.807) is 0 Å². The third-order valence-corrected chi connectivity index (χ3v) is 4.44. The molecule has 9 nitrogen and oxygen atoms in total. The summed E-state index contributed by atoms with van der Waals surface area (Å²) in [6.45, 7) is 3.87. The fourth-order valence-corrected chi connectivity index (χ4v) is 3.20. The number of likely N-dealkylation sites (tertiary alicyclic amines) is 2. The summed E-state index contributed by atoms with van der Waals surface area (Å²) < 4.78 is 4.85. The molecule has 0 spiro atoms. The number of carbonyl (C=O) groups is 2. The molecule has 1 atom stereocenters. The summed E-state index contributed by atoms with van der Waals surface area (Å²) in [6.07, 6.45) is 4.83. The predicted octanol–water partition coefficient (Wildman–Crippen LogP) is -0.0617. The number of amides is 3. The van der Waals surface area contributed by atoms with Crippen molar-refractivity contribution in [1.82, 2.24) is 25.3 Å². The highest BCUT2D eigenvalue weighted by Crippen LogP contribution is 2.20. The first-order chi connectivity index (χ1) is 11.1. The first-order valence-corrected chi connectivity index (χ1v) is 8.02. The summed E-state index contributed by atoms with van der Waals surface area (Å²) in [5.74, 6) is -0.769. The van der Waals surface area contributed by atoms with Gasteiger partial charge in [-0.1, -0.05) is 11.6 Å². The van der Waals surface area contributed by atoms with Gasteiger partial charge in [0.2, 0.25) is 5.89 Å². The number of nitrogens with two attached hydrogens (primary N) is 1. The smallest absolute Gasteiger partial charge is 0.317 e. The number of carbonyl (C=O) groups excluding carboxylic acids is 2. The monoisotopic (exact) mass is 322 g/mol. The topological polar surface area (TPSA) is 118 Å².